The number of thiazole rings is 1. The van der Waals surface area contributed by atoms with Crippen LogP contribution in [0.1, 0.15) is 38.2 Å². The van der Waals surface area contributed by atoms with Crippen LogP contribution in [0.3, 0.4) is 0 Å². The lowest BCUT2D eigenvalue weighted by Crippen LogP contribution is -2.40. The number of aromatic nitrogens is 1. The summed E-state index contributed by atoms with van der Waals surface area (Å²) in [6.45, 7) is 4.30. The summed E-state index contributed by atoms with van der Waals surface area (Å²) in [5, 5.41) is 0. The fourth-order valence-corrected chi connectivity index (χ4v) is 8.22. The van der Waals surface area contributed by atoms with Gasteiger partial charge in [0.1, 0.15) is 16.8 Å². The number of nitrogens with zero attached hydrogens (tertiary/aromatic N) is 3. The van der Waals surface area contributed by atoms with Crippen molar-refractivity contribution in [1.29, 1.82) is 0 Å². The summed E-state index contributed by atoms with van der Waals surface area (Å²) in [6.07, 6.45) is 0.927. The Morgan fingerprint density at radius 3 is 2.65 bits per heavy atom. The zero-order valence-electron chi connectivity index (χ0n) is 18.9. The molecule has 0 radical (unpaired) electrons. The van der Waals surface area contributed by atoms with Gasteiger partial charge in [0.15, 0.2) is 4.80 Å². The van der Waals surface area contributed by atoms with E-state index in [1.54, 1.807) is 4.57 Å². The van der Waals surface area contributed by atoms with Crippen molar-refractivity contribution in [2.75, 3.05) is 13.7 Å². The van der Waals surface area contributed by atoms with Crippen LogP contribution in [0.25, 0.3) is 10.2 Å². The maximum Gasteiger partial charge on any atom is 0.325 e. The number of methoxy groups -OCH3 is 1. The molecule has 1 fully saturated rings. The minimum absolute atomic E-state index is 0.0982. The highest BCUT2D eigenvalue weighted by molar-refractivity contribution is 7.91. The van der Waals surface area contributed by atoms with Crippen LogP contribution < -0.4 is 4.80 Å². The maximum atomic E-state index is 13.2. The molecule has 1 saturated heterocycles. The molecule has 1 aromatic carbocycles. The quantitative estimate of drug-likeness (QED) is 0.439. The van der Waals surface area contributed by atoms with E-state index in [9.17, 15) is 18.0 Å². The third-order valence-corrected chi connectivity index (χ3v) is 10.3. The molecule has 0 bridgehead atoms. The third kappa shape index (κ3) is 4.85. The number of sulfonamides is 1. The lowest BCUT2D eigenvalue weighted by Gasteiger charge is -2.20. The number of amides is 1. The number of ether oxygens (including phenoxy) is 1. The molecule has 1 aliphatic rings. The van der Waals surface area contributed by atoms with Crippen molar-refractivity contribution < 1.29 is 22.7 Å². The molecule has 0 aliphatic carbocycles. The standard InChI is InChI=1S/C22H24ClN3O5S3/c1-13(2)14-6-7-15-17(11-14)32-22(25(15)12-19(27)31-3)24-21(28)16-5-4-10-26(16)34(29,30)20-9-8-18(23)33-20/h6-9,11,13,16H,4-5,10,12H2,1-3H3. The number of benzene rings is 1. The van der Waals surface area contributed by atoms with Crippen LogP contribution in [0.4, 0.5) is 0 Å². The van der Waals surface area contributed by atoms with Crippen molar-refractivity contribution in [3.63, 3.8) is 0 Å². The van der Waals surface area contributed by atoms with Gasteiger partial charge in [-0.05, 0) is 48.6 Å². The van der Waals surface area contributed by atoms with Gasteiger partial charge in [0.05, 0.1) is 21.7 Å². The molecule has 0 spiro atoms. The van der Waals surface area contributed by atoms with Gasteiger partial charge in [-0.15, -0.1) is 11.3 Å². The van der Waals surface area contributed by atoms with Gasteiger partial charge in [0, 0.05) is 6.54 Å². The number of esters is 1. The van der Waals surface area contributed by atoms with Crippen molar-refractivity contribution in [1.82, 2.24) is 8.87 Å². The van der Waals surface area contributed by atoms with E-state index in [0.717, 1.165) is 27.1 Å². The predicted octanol–water partition coefficient (Wildman–Crippen LogP) is 3.99. The van der Waals surface area contributed by atoms with Crippen LogP contribution in [0.15, 0.2) is 39.5 Å². The normalized spacial score (nSPS) is 17.7. The van der Waals surface area contributed by atoms with Crippen molar-refractivity contribution >= 4 is 66.4 Å². The highest BCUT2D eigenvalue weighted by atomic mass is 35.5. The number of thiophene rings is 1. The molecule has 0 N–H and O–H groups in total. The molecule has 1 atom stereocenters. The van der Waals surface area contributed by atoms with E-state index in [1.807, 2.05) is 18.2 Å². The van der Waals surface area contributed by atoms with Crippen LogP contribution in [-0.4, -0.2) is 48.9 Å². The average molecular weight is 542 g/mol. The SMILES string of the molecule is COC(=O)Cn1c(=NC(=O)C2CCCN2S(=O)(=O)c2ccc(Cl)s2)sc2cc(C(C)C)ccc21. The molecule has 1 unspecified atom stereocenters. The predicted molar refractivity (Wildman–Crippen MR) is 133 cm³/mol. The molecule has 8 nitrogen and oxygen atoms in total. The first kappa shape index (κ1) is 25.1. The largest absolute Gasteiger partial charge is 0.468 e. The Bertz CT molecular complexity index is 1420. The molecule has 0 saturated carbocycles. The van der Waals surface area contributed by atoms with Gasteiger partial charge in [-0.25, -0.2) is 8.42 Å². The molecule has 34 heavy (non-hydrogen) atoms. The number of halogens is 1. The fourth-order valence-electron chi connectivity index (χ4n) is 3.88. The summed E-state index contributed by atoms with van der Waals surface area (Å²) in [5.41, 5.74) is 1.88. The Morgan fingerprint density at radius 1 is 1.24 bits per heavy atom. The molecule has 4 rings (SSSR count). The Hall–Kier alpha value is -2.05. The minimum Gasteiger partial charge on any atom is -0.468 e. The molecule has 12 heteroatoms. The Balaban J connectivity index is 1.75. The number of hydrogen-bond acceptors (Lipinski definition) is 7. The highest BCUT2D eigenvalue weighted by Crippen LogP contribution is 2.32. The third-order valence-electron chi connectivity index (χ3n) is 5.69. The Kier molecular flexibility index (Phi) is 7.30. The lowest BCUT2D eigenvalue weighted by atomic mass is 10.0. The molecule has 1 aliphatic heterocycles. The first-order valence-electron chi connectivity index (χ1n) is 10.7. The summed E-state index contributed by atoms with van der Waals surface area (Å²) in [7, 11) is -2.57. The van der Waals surface area contributed by atoms with E-state index >= 15 is 0 Å². The molecule has 2 aromatic heterocycles. The van der Waals surface area contributed by atoms with Gasteiger partial charge in [-0.1, -0.05) is 42.9 Å². The first-order valence-corrected chi connectivity index (χ1v) is 14.1. The molecule has 1 amide bonds. The van der Waals surface area contributed by atoms with Crippen molar-refractivity contribution in [3.8, 4) is 0 Å². The first-order chi connectivity index (χ1) is 16.1. The van der Waals surface area contributed by atoms with Crippen LogP contribution >= 0.6 is 34.3 Å². The second-order valence-electron chi connectivity index (χ2n) is 8.21. The second-order valence-corrected chi connectivity index (χ2v) is 13.1. The second kappa shape index (κ2) is 9.90. The van der Waals surface area contributed by atoms with Gasteiger partial charge in [0.25, 0.3) is 15.9 Å². The fraction of sp³-hybridized carbons (Fsp3) is 0.409. The summed E-state index contributed by atoms with van der Waals surface area (Å²) in [5.74, 6) is -0.718. The van der Waals surface area contributed by atoms with Gasteiger partial charge < -0.3 is 9.30 Å². The van der Waals surface area contributed by atoms with Gasteiger partial charge in [0.2, 0.25) is 0 Å². The molecular formula is C22H24ClN3O5S3. The highest BCUT2D eigenvalue weighted by Gasteiger charge is 2.40. The number of fused-ring (bicyclic) bond motifs is 1. The van der Waals surface area contributed by atoms with Crippen LogP contribution in [0.2, 0.25) is 4.34 Å². The van der Waals surface area contributed by atoms with Gasteiger partial charge in [-0.3, -0.25) is 9.59 Å². The van der Waals surface area contributed by atoms with E-state index in [-0.39, 0.29) is 17.3 Å². The molecular weight excluding hydrogens is 518 g/mol. The Labute approximate surface area is 210 Å². The molecule has 182 valence electrons. The maximum absolute atomic E-state index is 13.2. The summed E-state index contributed by atoms with van der Waals surface area (Å²) in [6, 6.07) is 7.97. The Morgan fingerprint density at radius 2 is 2.00 bits per heavy atom. The van der Waals surface area contributed by atoms with E-state index in [4.69, 9.17) is 16.3 Å². The minimum atomic E-state index is -3.87. The van der Waals surface area contributed by atoms with Crippen LogP contribution in [-0.2, 0) is 30.9 Å². The van der Waals surface area contributed by atoms with E-state index < -0.39 is 27.9 Å². The van der Waals surface area contributed by atoms with E-state index in [1.165, 1.54) is 34.9 Å². The van der Waals surface area contributed by atoms with Crippen LogP contribution in [0, 0.1) is 0 Å². The van der Waals surface area contributed by atoms with Gasteiger partial charge >= 0.3 is 5.97 Å². The number of hydrogen-bond donors (Lipinski definition) is 0. The van der Waals surface area contributed by atoms with E-state index in [2.05, 4.69) is 18.8 Å². The monoisotopic (exact) mass is 541 g/mol. The molecule has 3 aromatic rings. The summed E-state index contributed by atoms with van der Waals surface area (Å²) >= 11 is 8.18. The van der Waals surface area contributed by atoms with Crippen molar-refractivity contribution in [2.45, 2.75) is 49.4 Å². The smallest absolute Gasteiger partial charge is 0.325 e. The van der Waals surface area contributed by atoms with Gasteiger partial charge in [-0.2, -0.15) is 9.30 Å². The number of carbonyl (C=O) groups excluding carboxylic acids is 2. The topological polar surface area (TPSA) is 98.0 Å². The van der Waals surface area contributed by atoms with Crippen LogP contribution in [0.5, 0.6) is 0 Å². The summed E-state index contributed by atoms with van der Waals surface area (Å²) in [4.78, 5) is 30.0. The van der Waals surface area contributed by atoms with E-state index in [0.29, 0.717) is 27.9 Å². The molecule has 3 heterocycles. The average Bonchev–Trinajstić information content (AvgIpc) is 3.53. The number of carbonyl (C=O) groups is 2. The van der Waals surface area contributed by atoms with Crippen molar-refractivity contribution in [2.24, 2.45) is 4.99 Å². The number of rotatable bonds is 6. The lowest BCUT2D eigenvalue weighted by molar-refractivity contribution is -0.141. The zero-order chi connectivity index (χ0) is 24.6. The van der Waals surface area contributed by atoms with Crippen molar-refractivity contribution in [3.05, 3.63) is 45.0 Å². The summed E-state index contributed by atoms with van der Waals surface area (Å²) < 4.78 is 35.3. The zero-order valence-corrected chi connectivity index (χ0v) is 22.1.